The molecule has 0 spiro atoms. The van der Waals surface area contributed by atoms with Crippen LogP contribution in [0.25, 0.3) is 0 Å². The maximum Gasteiger partial charge on any atom is 0.408 e. The number of benzene rings is 1. The number of ether oxygens (including phenoxy) is 2. The molecule has 1 aromatic rings. The summed E-state index contributed by atoms with van der Waals surface area (Å²) < 4.78 is 8.64. The molecule has 1 saturated heterocycles. The van der Waals surface area contributed by atoms with Crippen molar-refractivity contribution in [3.05, 3.63) is 28.2 Å². The molecule has 2 rings (SSSR count). The largest absolute Gasteiger partial charge is 0.447 e. The quantitative estimate of drug-likeness (QED) is 0.503. The molecule has 1 aromatic carbocycles. The number of hydrogen-bond acceptors (Lipinski definition) is 4. The third-order valence-electron chi connectivity index (χ3n) is 3.24. The Kier molecular flexibility index (Phi) is 7.40. The maximum atomic E-state index is 11.9. The van der Waals surface area contributed by atoms with E-state index in [-0.39, 0.29) is 12.7 Å². The van der Waals surface area contributed by atoms with Gasteiger partial charge in [-0.1, -0.05) is 58.0 Å². The molecule has 0 aromatic heterocycles. The molecule has 2 unspecified atom stereocenters. The lowest BCUT2D eigenvalue weighted by Crippen LogP contribution is -2.49. The Morgan fingerprint density at radius 1 is 1.33 bits per heavy atom. The van der Waals surface area contributed by atoms with Gasteiger partial charge in [0.25, 0.3) is 0 Å². The Morgan fingerprint density at radius 2 is 2.08 bits per heavy atom. The lowest BCUT2D eigenvalue weighted by atomic mass is 10.2. The molecule has 1 fully saturated rings. The van der Waals surface area contributed by atoms with Gasteiger partial charge in [-0.05, 0) is 31.0 Å². The van der Waals surface area contributed by atoms with Crippen molar-refractivity contribution in [2.45, 2.75) is 28.9 Å². The maximum absolute atomic E-state index is 11.9. The zero-order chi connectivity index (χ0) is 17.7. The minimum Gasteiger partial charge on any atom is -0.447 e. The summed E-state index contributed by atoms with van der Waals surface area (Å²) in [6, 6.07) is 4.76. The van der Waals surface area contributed by atoms with Gasteiger partial charge in [-0.15, -0.1) is 0 Å². The van der Waals surface area contributed by atoms with Gasteiger partial charge >= 0.3 is 6.09 Å². The van der Waals surface area contributed by atoms with Crippen molar-refractivity contribution in [1.82, 2.24) is 5.32 Å². The first-order valence-corrected chi connectivity index (χ1v) is 8.98. The number of hydrogen-bond donors (Lipinski definition) is 2. The Morgan fingerprint density at radius 3 is 2.67 bits per heavy atom. The number of halogens is 5. The lowest BCUT2D eigenvalue weighted by Gasteiger charge is -2.27. The molecule has 24 heavy (non-hydrogen) atoms. The predicted octanol–water partition coefficient (Wildman–Crippen LogP) is 5.01. The van der Waals surface area contributed by atoms with E-state index in [1.54, 1.807) is 18.2 Å². The van der Waals surface area contributed by atoms with E-state index in [1.165, 1.54) is 0 Å². The van der Waals surface area contributed by atoms with Crippen molar-refractivity contribution in [3.8, 4) is 0 Å². The molecule has 1 heterocycles. The van der Waals surface area contributed by atoms with E-state index in [9.17, 15) is 4.79 Å². The fourth-order valence-electron chi connectivity index (χ4n) is 2.06. The van der Waals surface area contributed by atoms with Crippen LogP contribution in [0.3, 0.4) is 0 Å². The Hall–Kier alpha value is -0.300. The van der Waals surface area contributed by atoms with Crippen LogP contribution >= 0.6 is 58.0 Å². The van der Waals surface area contributed by atoms with Crippen LogP contribution in [0, 0.1) is 0 Å². The zero-order valence-corrected chi connectivity index (χ0v) is 16.1. The molecular weight excluding hydrogens is 421 g/mol. The number of amides is 1. The van der Waals surface area contributed by atoms with Crippen LogP contribution in [0.2, 0.25) is 10.0 Å². The van der Waals surface area contributed by atoms with Gasteiger partial charge in [0, 0.05) is 12.3 Å². The predicted molar refractivity (Wildman–Crippen MR) is 97.6 cm³/mol. The third-order valence-corrected chi connectivity index (χ3v) is 4.64. The molecular formula is C14H15Cl5N2O3. The first-order chi connectivity index (χ1) is 11.3. The van der Waals surface area contributed by atoms with Crippen molar-refractivity contribution >= 4 is 69.8 Å². The van der Waals surface area contributed by atoms with E-state index in [1.807, 2.05) is 0 Å². The normalized spacial score (nSPS) is 19.0. The first kappa shape index (κ1) is 20.0. The van der Waals surface area contributed by atoms with Crippen LogP contribution in [0.5, 0.6) is 0 Å². The van der Waals surface area contributed by atoms with E-state index in [0.29, 0.717) is 22.3 Å². The van der Waals surface area contributed by atoms with Crippen molar-refractivity contribution in [2.24, 2.45) is 0 Å². The summed E-state index contributed by atoms with van der Waals surface area (Å²) in [5.74, 6) is 0. The van der Waals surface area contributed by atoms with E-state index in [2.05, 4.69) is 10.6 Å². The van der Waals surface area contributed by atoms with Gasteiger partial charge in [0.15, 0.2) is 0 Å². The molecule has 0 saturated carbocycles. The summed E-state index contributed by atoms with van der Waals surface area (Å²) >= 11 is 29.5. The van der Waals surface area contributed by atoms with Crippen molar-refractivity contribution in [2.75, 3.05) is 18.5 Å². The SMILES string of the molecule is O=C(NC(Nc1ccc(Cl)c(Cl)c1)C(Cl)(Cl)Cl)OCC1CCCO1. The zero-order valence-electron chi connectivity index (χ0n) is 12.3. The van der Waals surface area contributed by atoms with E-state index in [0.717, 1.165) is 12.8 Å². The molecule has 2 N–H and O–H groups in total. The highest BCUT2D eigenvalue weighted by Crippen LogP contribution is 2.32. The van der Waals surface area contributed by atoms with Crippen LogP contribution in [-0.4, -0.2) is 35.4 Å². The lowest BCUT2D eigenvalue weighted by molar-refractivity contribution is 0.0432. The number of alkyl carbamates (subject to hydrolysis) is 1. The minimum absolute atomic E-state index is 0.0926. The first-order valence-electron chi connectivity index (χ1n) is 7.09. The molecule has 134 valence electrons. The molecule has 0 bridgehead atoms. The van der Waals surface area contributed by atoms with E-state index >= 15 is 0 Å². The van der Waals surface area contributed by atoms with E-state index < -0.39 is 16.1 Å². The second-order valence-corrected chi connectivity index (χ2v) is 8.31. The Balaban J connectivity index is 1.94. The fourth-order valence-corrected chi connectivity index (χ4v) is 2.68. The number of nitrogens with one attached hydrogen (secondary N) is 2. The summed E-state index contributed by atoms with van der Waals surface area (Å²) in [6.45, 7) is 0.816. The van der Waals surface area contributed by atoms with Crippen LogP contribution in [-0.2, 0) is 9.47 Å². The topological polar surface area (TPSA) is 59.6 Å². The number of carbonyl (C=O) groups excluding carboxylic acids is 1. The summed E-state index contributed by atoms with van der Waals surface area (Å²) in [5.41, 5.74) is 0.514. The molecule has 2 atom stereocenters. The summed E-state index contributed by atoms with van der Waals surface area (Å²) in [5, 5.41) is 6.04. The van der Waals surface area contributed by atoms with Crippen LogP contribution in [0.15, 0.2) is 18.2 Å². The van der Waals surface area contributed by atoms with Gasteiger partial charge in [0.1, 0.15) is 12.8 Å². The van der Waals surface area contributed by atoms with Gasteiger partial charge in [-0.25, -0.2) is 4.79 Å². The van der Waals surface area contributed by atoms with Gasteiger partial charge in [0.2, 0.25) is 3.79 Å². The highest BCUT2D eigenvalue weighted by atomic mass is 35.6. The molecule has 0 radical (unpaired) electrons. The number of alkyl halides is 3. The molecule has 5 nitrogen and oxygen atoms in total. The van der Waals surface area contributed by atoms with Crippen molar-refractivity contribution < 1.29 is 14.3 Å². The minimum atomic E-state index is -1.82. The molecule has 1 amide bonds. The highest BCUT2D eigenvalue weighted by Gasteiger charge is 2.34. The average Bonchev–Trinajstić information content (AvgIpc) is 3.00. The summed E-state index contributed by atoms with van der Waals surface area (Å²) in [6.07, 6.45) is -0.0651. The highest BCUT2D eigenvalue weighted by molar-refractivity contribution is 6.68. The molecule has 10 heteroatoms. The van der Waals surface area contributed by atoms with E-state index in [4.69, 9.17) is 67.5 Å². The average molecular weight is 437 g/mol. The van der Waals surface area contributed by atoms with Crippen molar-refractivity contribution in [3.63, 3.8) is 0 Å². The number of carbonyl (C=O) groups is 1. The Labute approximate surface area is 164 Å². The third kappa shape index (κ3) is 6.21. The standard InChI is InChI=1S/C14H15Cl5N2O3/c15-10-4-3-8(6-11(10)16)20-12(14(17,18)19)21-13(22)24-7-9-2-1-5-23-9/h3-4,6,9,12,20H,1-2,5,7H2,(H,21,22). The second kappa shape index (κ2) is 8.88. The number of anilines is 1. The van der Waals surface area contributed by atoms with Crippen LogP contribution in [0.1, 0.15) is 12.8 Å². The number of rotatable bonds is 5. The second-order valence-electron chi connectivity index (χ2n) is 5.13. The van der Waals surface area contributed by atoms with Crippen LogP contribution < -0.4 is 10.6 Å². The Bertz CT molecular complexity index is 576. The molecule has 0 aliphatic carbocycles. The van der Waals surface area contributed by atoms with Gasteiger partial charge < -0.3 is 14.8 Å². The molecule has 1 aliphatic rings. The summed E-state index contributed by atoms with van der Waals surface area (Å²) in [4.78, 5) is 11.9. The fraction of sp³-hybridized carbons (Fsp3) is 0.500. The van der Waals surface area contributed by atoms with Crippen molar-refractivity contribution in [1.29, 1.82) is 0 Å². The van der Waals surface area contributed by atoms with Gasteiger partial charge in [0.05, 0.1) is 16.1 Å². The van der Waals surface area contributed by atoms with Gasteiger partial charge in [-0.3, -0.25) is 5.32 Å². The van der Waals surface area contributed by atoms with Crippen LogP contribution in [0.4, 0.5) is 10.5 Å². The summed E-state index contributed by atoms with van der Waals surface area (Å²) in [7, 11) is 0. The molecule has 1 aliphatic heterocycles. The van der Waals surface area contributed by atoms with Gasteiger partial charge in [-0.2, -0.15) is 0 Å². The monoisotopic (exact) mass is 434 g/mol. The smallest absolute Gasteiger partial charge is 0.408 e.